The zero-order chi connectivity index (χ0) is 40.1. The van der Waals surface area contributed by atoms with Gasteiger partial charge in [-0.15, -0.1) is 0 Å². The van der Waals surface area contributed by atoms with Crippen LogP contribution in [0.5, 0.6) is 0 Å². The van der Waals surface area contributed by atoms with Crippen LogP contribution in [-0.4, -0.2) is 19.5 Å². The number of imidazole rings is 1. The van der Waals surface area contributed by atoms with Crippen molar-refractivity contribution in [2.24, 2.45) is 0 Å². The van der Waals surface area contributed by atoms with E-state index in [1.54, 1.807) is 0 Å². The summed E-state index contributed by atoms with van der Waals surface area (Å²) in [7, 11) is 0. The lowest BCUT2D eigenvalue weighted by Gasteiger charge is -2.22. The lowest BCUT2D eigenvalue weighted by atomic mass is 9.84. The van der Waals surface area contributed by atoms with E-state index in [-0.39, 0.29) is 16.9 Å². The zero-order valence-electron chi connectivity index (χ0n) is 34.5. The van der Waals surface area contributed by atoms with Gasteiger partial charge in [-0.2, -0.15) is 0 Å². The highest BCUT2D eigenvalue weighted by molar-refractivity contribution is 6.13. The van der Waals surface area contributed by atoms with Gasteiger partial charge < -0.3 is 14.0 Å². The van der Waals surface area contributed by atoms with E-state index in [2.05, 4.69) is 180 Å². The van der Waals surface area contributed by atoms with Crippen molar-refractivity contribution < 1.29 is 4.42 Å². The van der Waals surface area contributed by atoms with Crippen LogP contribution in [0.1, 0.15) is 72.6 Å². The lowest BCUT2D eigenvalue weighted by Crippen LogP contribution is -2.12. The van der Waals surface area contributed by atoms with E-state index in [0.717, 1.165) is 88.9 Å². The molecular formula is C53H48N4O. The molecule has 0 aliphatic carbocycles. The molecule has 0 spiro atoms. The van der Waals surface area contributed by atoms with Gasteiger partial charge in [-0.25, -0.2) is 4.98 Å². The number of H-pyrrole nitrogens is 1. The Labute approximate surface area is 339 Å². The third kappa shape index (κ3) is 5.83. The van der Waals surface area contributed by atoms with E-state index in [1.807, 2.05) is 18.3 Å². The number of nitrogens with zero attached hydrogens (tertiary/aromatic N) is 3. The highest BCUT2D eigenvalue weighted by Crippen LogP contribution is 2.43. The average molecular weight is 757 g/mol. The van der Waals surface area contributed by atoms with E-state index < -0.39 is 0 Å². The smallest absolute Gasteiger partial charge is 0.161 e. The molecule has 5 heteroatoms. The number of aromatic nitrogens is 4. The first kappa shape index (κ1) is 35.9. The van der Waals surface area contributed by atoms with Gasteiger partial charge in [-0.3, -0.25) is 4.98 Å². The first-order valence-corrected chi connectivity index (χ1v) is 20.4. The topological polar surface area (TPSA) is 59.6 Å². The van der Waals surface area contributed by atoms with Crippen molar-refractivity contribution >= 4 is 54.8 Å². The van der Waals surface area contributed by atoms with Crippen LogP contribution in [0.3, 0.4) is 0 Å². The van der Waals surface area contributed by atoms with Crippen LogP contribution < -0.4 is 0 Å². The largest absolute Gasteiger partial charge is 0.454 e. The molecule has 286 valence electrons. The molecule has 0 fully saturated rings. The number of rotatable bonds is 5. The minimum Gasteiger partial charge on any atom is -0.454 e. The molecule has 0 amide bonds. The van der Waals surface area contributed by atoms with Crippen molar-refractivity contribution in [3.63, 3.8) is 0 Å². The van der Waals surface area contributed by atoms with E-state index in [9.17, 15) is 0 Å². The Hall–Kier alpha value is -6.46. The molecular weight excluding hydrogens is 709 g/mol. The molecule has 0 aliphatic rings. The summed E-state index contributed by atoms with van der Waals surface area (Å²) in [5.74, 6) is 0.962. The van der Waals surface area contributed by atoms with E-state index in [4.69, 9.17) is 14.4 Å². The third-order valence-corrected chi connectivity index (χ3v) is 11.8. The Balaban J connectivity index is 1.24. The molecule has 0 bridgehead atoms. The molecule has 0 atom stereocenters. The predicted molar refractivity (Wildman–Crippen MR) is 244 cm³/mol. The number of hydrogen-bond donors (Lipinski definition) is 1. The first-order chi connectivity index (χ1) is 27.8. The molecule has 0 aliphatic heterocycles. The van der Waals surface area contributed by atoms with Crippen molar-refractivity contribution in [3.05, 3.63) is 145 Å². The molecule has 1 N–H and O–H groups in total. The summed E-state index contributed by atoms with van der Waals surface area (Å²) in [5, 5.41) is 4.64. The number of hydrogen-bond acceptors (Lipinski definition) is 3. The Bertz CT molecular complexity index is 3220. The predicted octanol–water partition coefficient (Wildman–Crippen LogP) is 14.8. The summed E-state index contributed by atoms with van der Waals surface area (Å²) < 4.78 is 8.95. The molecule has 5 nitrogen and oxygen atoms in total. The number of pyridine rings is 1. The second-order valence-electron chi connectivity index (χ2n) is 18.2. The fraction of sp³-hybridized carbons (Fsp3) is 0.208. The Morgan fingerprint density at radius 2 is 1.31 bits per heavy atom. The van der Waals surface area contributed by atoms with Gasteiger partial charge in [0.1, 0.15) is 17.1 Å². The van der Waals surface area contributed by atoms with Gasteiger partial charge in [-0.05, 0) is 113 Å². The Morgan fingerprint density at radius 1 is 0.586 bits per heavy atom. The maximum atomic E-state index is 6.53. The molecule has 0 saturated carbocycles. The minimum atomic E-state index is -0.0704. The van der Waals surface area contributed by atoms with Crippen molar-refractivity contribution in [3.8, 4) is 44.9 Å². The van der Waals surface area contributed by atoms with Gasteiger partial charge >= 0.3 is 0 Å². The molecule has 10 rings (SSSR count). The van der Waals surface area contributed by atoms with E-state index in [1.165, 1.54) is 21.9 Å². The summed E-state index contributed by atoms with van der Waals surface area (Å²) in [6, 6.07) is 46.1. The Morgan fingerprint density at radius 3 is 2.09 bits per heavy atom. The number of aromatic amines is 1. The molecule has 0 unspecified atom stereocenters. The number of fused-ring (bicyclic) bond motifs is 7. The fourth-order valence-corrected chi connectivity index (χ4v) is 8.71. The second kappa shape index (κ2) is 13.0. The average Bonchev–Trinajstić information content (AvgIpc) is 3.91. The highest BCUT2D eigenvalue weighted by Gasteiger charge is 2.26. The van der Waals surface area contributed by atoms with E-state index >= 15 is 0 Å². The van der Waals surface area contributed by atoms with Crippen LogP contribution in [-0.2, 0) is 10.8 Å². The van der Waals surface area contributed by atoms with E-state index in [0.29, 0.717) is 0 Å². The number of benzene rings is 6. The number of para-hydroxylation sites is 2. The maximum absolute atomic E-state index is 6.53. The number of nitrogens with one attached hydrogen (secondary N) is 1. The van der Waals surface area contributed by atoms with Gasteiger partial charge in [0, 0.05) is 56.0 Å². The summed E-state index contributed by atoms with van der Waals surface area (Å²) in [5.41, 5.74) is 15.9. The second-order valence-corrected chi connectivity index (χ2v) is 18.2. The maximum Gasteiger partial charge on any atom is 0.161 e. The minimum absolute atomic E-state index is 0.0383. The molecule has 10 aromatic rings. The summed E-state index contributed by atoms with van der Waals surface area (Å²) in [4.78, 5) is 14.5. The summed E-state index contributed by atoms with van der Waals surface area (Å²) in [6.45, 7) is 18.3. The van der Waals surface area contributed by atoms with Gasteiger partial charge in [-0.1, -0.05) is 108 Å². The van der Waals surface area contributed by atoms with Gasteiger partial charge in [0.2, 0.25) is 0 Å². The molecule has 4 aromatic heterocycles. The van der Waals surface area contributed by atoms with Crippen molar-refractivity contribution in [2.45, 2.75) is 72.3 Å². The molecule has 0 saturated heterocycles. The zero-order valence-corrected chi connectivity index (χ0v) is 34.5. The van der Waals surface area contributed by atoms with Gasteiger partial charge in [0.05, 0.1) is 16.6 Å². The number of furan rings is 1. The van der Waals surface area contributed by atoms with Crippen LogP contribution in [0.25, 0.3) is 99.7 Å². The van der Waals surface area contributed by atoms with Crippen LogP contribution in [0.2, 0.25) is 0 Å². The van der Waals surface area contributed by atoms with Crippen LogP contribution in [0.15, 0.2) is 138 Å². The van der Waals surface area contributed by atoms with Crippen LogP contribution in [0.4, 0.5) is 0 Å². The molecule has 6 aromatic carbocycles. The van der Waals surface area contributed by atoms with Crippen molar-refractivity contribution in [1.29, 1.82) is 0 Å². The SMILES string of the molecule is CC(C)n1c(-c2cc(C(C)(C)C)cc3c2[nH]c2ccc(C(C)(C)C)cc23)nc2c(-c3cc(-c4ccccc4)cc(-c4nccc5c4oc4ccccc45)c3)cccc21. The third-order valence-electron chi connectivity index (χ3n) is 11.8. The standard InChI is InChI=1S/C53H48N4O/c1-31(2)57-45-19-14-18-38(49(45)56-51(57)43-30-37(53(6,7)8)29-42-41-28-36(52(3,4)5)21-22-44(41)55-48(42)43)34-25-33(32-15-10-9-11-16-32)26-35(27-34)47-50-40(23-24-54-47)39-17-12-13-20-46(39)58-50/h9-31,55H,1-8H3. The van der Waals surface area contributed by atoms with Crippen LogP contribution in [0, 0.1) is 0 Å². The molecule has 4 heterocycles. The molecule has 58 heavy (non-hydrogen) atoms. The Kier molecular flexibility index (Phi) is 8.07. The summed E-state index contributed by atoms with van der Waals surface area (Å²) in [6.07, 6.45) is 1.90. The van der Waals surface area contributed by atoms with Crippen molar-refractivity contribution in [1.82, 2.24) is 19.5 Å². The summed E-state index contributed by atoms with van der Waals surface area (Å²) >= 11 is 0. The fourth-order valence-electron chi connectivity index (χ4n) is 8.71. The normalized spacial score (nSPS) is 12.6. The lowest BCUT2D eigenvalue weighted by molar-refractivity contribution is 0.590. The van der Waals surface area contributed by atoms with Gasteiger partial charge in [0.15, 0.2) is 5.58 Å². The first-order valence-electron chi connectivity index (χ1n) is 20.4. The van der Waals surface area contributed by atoms with Crippen molar-refractivity contribution in [2.75, 3.05) is 0 Å². The van der Waals surface area contributed by atoms with Gasteiger partial charge in [0.25, 0.3) is 0 Å². The molecule has 0 radical (unpaired) electrons. The monoisotopic (exact) mass is 756 g/mol. The van der Waals surface area contributed by atoms with Crippen LogP contribution >= 0.6 is 0 Å². The highest BCUT2D eigenvalue weighted by atomic mass is 16.3. The quantitative estimate of drug-likeness (QED) is 0.190.